The maximum absolute atomic E-state index is 11.6. The molecule has 5 heteroatoms. The molecule has 1 rings (SSSR count). The Morgan fingerprint density at radius 1 is 1.39 bits per heavy atom. The number of likely N-dealkylation sites (tertiary alicyclic amines) is 1. The molecule has 0 bridgehead atoms. The van der Waals surface area contributed by atoms with Crippen LogP contribution >= 0.6 is 0 Å². The first kappa shape index (κ1) is 15.0. The molecule has 1 aliphatic rings. The number of methoxy groups -OCH3 is 1. The van der Waals surface area contributed by atoms with Crippen LogP contribution in [0.25, 0.3) is 0 Å². The molecule has 1 aliphatic heterocycles. The molecule has 3 atom stereocenters. The van der Waals surface area contributed by atoms with Crippen molar-refractivity contribution in [3.8, 4) is 0 Å². The van der Waals surface area contributed by atoms with E-state index in [1.54, 1.807) is 0 Å². The van der Waals surface area contributed by atoms with Gasteiger partial charge < -0.3 is 10.1 Å². The molecule has 0 aromatic carbocycles. The lowest BCUT2D eigenvalue weighted by Gasteiger charge is -2.38. The second-order valence-corrected chi connectivity index (χ2v) is 5.26. The molecule has 1 amide bonds. The molecule has 1 saturated heterocycles. The summed E-state index contributed by atoms with van der Waals surface area (Å²) in [7, 11) is 1.35. The molecule has 1 N–H and O–H groups in total. The lowest BCUT2D eigenvalue weighted by atomic mass is 9.94. The van der Waals surface area contributed by atoms with Crippen molar-refractivity contribution in [1.29, 1.82) is 0 Å². The summed E-state index contributed by atoms with van der Waals surface area (Å²) in [4.78, 5) is 25.0. The summed E-state index contributed by atoms with van der Waals surface area (Å²) in [5.74, 6) is 0.0514. The Morgan fingerprint density at radius 3 is 2.61 bits per heavy atom. The van der Waals surface area contributed by atoms with E-state index in [1.807, 2.05) is 0 Å². The van der Waals surface area contributed by atoms with Gasteiger partial charge in [0.25, 0.3) is 0 Å². The van der Waals surface area contributed by atoms with Gasteiger partial charge in [-0.3, -0.25) is 9.69 Å². The van der Waals surface area contributed by atoms with E-state index in [9.17, 15) is 9.59 Å². The maximum Gasteiger partial charge on any atom is 0.329 e. The number of hydrogen-bond acceptors (Lipinski definition) is 4. The first-order valence-electron chi connectivity index (χ1n) is 6.53. The predicted molar refractivity (Wildman–Crippen MR) is 69.1 cm³/mol. The smallest absolute Gasteiger partial charge is 0.329 e. The van der Waals surface area contributed by atoms with E-state index in [2.05, 4.69) is 24.1 Å². The number of carbonyl (C=O) groups is 2. The minimum Gasteiger partial charge on any atom is -0.467 e. The summed E-state index contributed by atoms with van der Waals surface area (Å²) in [6.07, 6.45) is 2.36. The van der Waals surface area contributed by atoms with E-state index in [4.69, 9.17) is 4.74 Å². The highest BCUT2D eigenvalue weighted by Crippen LogP contribution is 2.21. The number of piperidine rings is 1. The normalized spacial score (nSPS) is 26.4. The number of nitrogens with one attached hydrogen (secondary N) is 1. The maximum atomic E-state index is 11.6. The standard InChI is InChI=1S/C13H24N2O3/c1-9-5-6-10(2)15(7-9)8-12(13(17)18-4)14-11(3)16/h9-10,12H,5-8H2,1-4H3,(H,14,16). The lowest BCUT2D eigenvalue weighted by Crippen LogP contribution is -2.52. The molecule has 5 nitrogen and oxygen atoms in total. The summed E-state index contributed by atoms with van der Waals surface area (Å²) in [5.41, 5.74) is 0. The Kier molecular flexibility index (Phi) is 5.59. The van der Waals surface area contributed by atoms with E-state index in [1.165, 1.54) is 20.5 Å². The molecule has 0 aromatic heterocycles. The summed E-state index contributed by atoms with van der Waals surface area (Å²) < 4.78 is 4.74. The number of esters is 1. The van der Waals surface area contributed by atoms with E-state index in [-0.39, 0.29) is 11.9 Å². The Bertz CT molecular complexity index is 307. The summed E-state index contributed by atoms with van der Waals surface area (Å²) in [5, 5.41) is 2.66. The fourth-order valence-corrected chi connectivity index (χ4v) is 2.44. The minimum atomic E-state index is -0.569. The van der Waals surface area contributed by atoms with Crippen LogP contribution in [0.15, 0.2) is 0 Å². The lowest BCUT2D eigenvalue weighted by molar-refractivity contribution is -0.145. The molecule has 0 spiro atoms. The van der Waals surface area contributed by atoms with Crippen molar-refractivity contribution in [2.24, 2.45) is 5.92 Å². The van der Waals surface area contributed by atoms with Gasteiger partial charge in [-0.05, 0) is 25.7 Å². The molecular formula is C13H24N2O3. The zero-order valence-electron chi connectivity index (χ0n) is 11.7. The number of ether oxygens (including phenoxy) is 1. The highest BCUT2D eigenvalue weighted by Gasteiger charge is 2.29. The van der Waals surface area contributed by atoms with E-state index in [0.717, 1.165) is 13.0 Å². The number of carbonyl (C=O) groups excluding carboxylic acids is 2. The SMILES string of the molecule is COC(=O)C(CN1CC(C)CCC1C)NC(C)=O. The van der Waals surface area contributed by atoms with E-state index < -0.39 is 6.04 Å². The molecule has 1 fully saturated rings. The Balaban J connectivity index is 2.63. The third-order valence-electron chi connectivity index (χ3n) is 3.53. The van der Waals surface area contributed by atoms with Crippen molar-refractivity contribution in [2.75, 3.05) is 20.2 Å². The van der Waals surface area contributed by atoms with Crippen molar-refractivity contribution < 1.29 is 14.3 Å². The average Bonchev–Trinajstić information content (AvgIpc) is 2.31. The predicted octanol–water partition coefficient (Wildman–Crippen LogP) is 0.784. The molecule has 0 aliphatic carbocycles. The van der Waals surface area contributed by atoms with Crippen molar-refractivity contribution >= 4 is 11.9 Å². The fraction of sp³-hybridized carbons (Fsp3) is 0.846. The average molecular weight is 256 g/mol. The van der Waals surface area contributed by atoms with Crippen molar-refractivity contribution in [3.63, 3.8) is 0 Å². The second kappa shape index (κ2) is 6.73. The van der Waals surface area contributed by atoms with Gasteiger partial charge in [-0.2, -0.15) is 0 Å². The molecule has 0 saturated carbocycles. The molecule has 3 unspecified atom stereocenters. The molecule has 0 aromatic rings. The van der Waals surface area contributed by atoms with Crippen LogP contribution in [0.4, 0.5) is 0 Å². The van der Waals surface area contributed by atoms with Crippen LogP contribution in [0, 0.1) is 5.92 Å². The van der Waals surface area contributed by atoms with Crippen LogP contribution < -0.4 is 5.32 Å². The number of nitrogens with zero attached hydrogens (tertiary/aromatic N) is 1. The van der Waals surface area contributed by atoms with Gasteiger partial charge >= 0.3 is 5.97 Å². The van der Waals surface area contributed by atoms with Gasteiger partial charge in [0.15, 0.2) is 0 Å². The number of hydrogen-bond donors (Lipinski definition) is 1. The van der Waals surface area contributed by atoms with Crippen LogP contribution in [0.5, 0.6) is 0 Å². The van der Waals surface area contributed by atoms with Gasteiger partial charge in [0.05, 0.1) is 7.11 Å². The van der Waals surface area contributed by atoms with Gasteiger partial charge in [-0.15, -0.1) is 0 Å². The van der Waals surface area contributed by atoms with Crippen LogP contribution in [-0.2, 0) is 14.3 Å². The molecule has 18 heavy (non-hydrogen) atoms. The first-order chi connectivity index (χ1) is 8.43. The minimum absolute atomic E-state index is 0.205. The van der Waals surface area contributed by atoms with Crippen LogP contribution in [0.1, 0.15) is 33.6 Å². The third kappa shape index (κ3) is 4.29. The summed E-state index contributed by atoms with van der Waals surface area (Å²) in [6.45, 7) is 7.28. The van der Waals surface area contributed by atoms with Crippen molar-refractivity contribution in [2.45, 2.75) is 45.7 Å². The molecule has 1 heterocycles. The zero-order chi connectivity index (χ0) is 13.7. The third-order valence-corrected chi connectivity index (χ3v) is 3.53. The van der Waals surface area contributed by atoms with Gasteiger partial charge in [0, 0.05) is 26.1 Å². The first-order valence-corrected chi connectivity index (χ1v) is 6.53. The Morgan fingerprint density at radius 2 is 2.06 bits per heavy atom. The second-order valence-electron chi connectivity index (χ2n) is 5.26. The van der Waals surface area contributed by atoms with Gasteiger partial charge in [0.2, 0.25) is 5.91 Å². The summed E-state index contributed by atoms with van der Waals surface area (Å²) in [6, 6.07) is -0.123. The van der Waals surface area contributed by atoms with Crippen LogP contribution in [0.3, 0.4) is 0 Å². The van der Waals surface area contributed by atoms with Crippen LogP contribution in [0.2, 0.25) is 0 Å². The molecule has 104 valence electrons. The molecule has 0 radical (unpaired) electrons. The molecular weight excluding hydrogens is 232 g/mol. The van der Waals surface area contributed by atoms with Crippen molar-refractivity contribution in [3.05, 3.63) is 0 Å². The largest absolute Gasteiger partial charge is 0.467 e. The number of rotatable bonds is 4. The zero-order valence-corrected chi connectivity index (χ0v) is 11.7. The van der Waals surface area contributed by atoms with Gasteiger partial charge in [0.1, 0.15) is 6.04 Å². The van der Waals surface area contributed by atoms with Crippen molar-refractivity contribution in [1.82, 2.24) is 10.2 Å². The summed E-state index contributed by atoms with van der Waals surface area (Å²) >= 11 is 0. The van der Waals surface area contributed by atoms with E-state index in [0.29, 0.717) is 18.5 Å². The highest BCUT2D eigenvalue weighted by atomic mass is 16.5. The Hall–Kier alpha value is -1.10. The van der Waals surface area contributed by atoms with Gasteiger partial charge in [-0.25, -0.2) is 4.79 Å². The topological polar surface area (TPSA) is 58.6 Å². The van der Waals surface area contributed by atoms with Gasteiger partial charge in [-0.1, -0.05) is 6.92 Å². The fourth-order valence-electron chi connectivity index (χ4n) is 2.44. The van der Waals surface area contributed by atoms with E-state index >= 15 is 0 Å². The van der Waals surface area contributed by atoms with Crippen LogP contribution in [-0.4, -0.2) is 49.1 Å². The Labute approximate surface area is 109 Å². The highest BCUT2D eigenvalue weighted by molar-refractivity contribution is 5.83. The number of amides is 1. The quantitative estimate of drug-likeness (QED) is 0.755. The monoisotopic (exact) mass is 256 g/mol.